The summed E-state index contributed by atoms with van der Waals surface area (Å²) >= 11 is 11.5. The van der Waals surface area contributed by atoms with Crippen molar-refractivity contribution in [3.05, 3.63) is 36.7 Å². The predicted molar refractivity (Wildman–Crippen MR) is 83.5 cm³/mol. The molecular weight excluding hydrogens is 348 g/mol. The highest BCUT2D eigenvalue weighted by atomic mass is 79.9. The third kappa shape index (κ3) is 3.03. The molecule has 0 bridgehead atoms. The van der Waals surface area contributed by atoms with Crippen LogP contribution in [0.4, 0.5) is 0 Å². The Morgan fingerprint density at radius 2 is 2.26 bits per heavy atom. The molecule has 0 saturated carbocycles. The van der Waals surface area contributed by atoms with Crippen molar-refractivity contribution in [2.24, 2.45) is 12.9 Å². The standard InChI is InChI=1S/C12H16BrClN4S/c1-6-4-10(19-12(6)13)8(16-15)5-9-11(14)7(2)17-18(9)3/h4,8,16H,5,15H2,1-3H3. The van der Waals surface area contributed by atoms with E-state index in [1.807, 2.05) is 18.7 Å². The number of nitrogens with one attached hydrogen (secondary N) is 1. The fourth-order valence-electron chi connectivity index (χ4n) is 1.99. The molecule has 1 atom stereocenters. The molecule has 19 heavy (non-hydrogen) atoms. The molecular formula is C12H16BrClN4S. The zero-order chi connectivity index (χ0) is 14.2. The van der Waals surface area contributed by atoms with Gasteiger partial charge >= 0.3 is 0 Å². The molecule has 0 aromatic carbocycles. The summed E-state index contributed by atoms with van der Waals surface area (Å²) < 4.78 is 2.95. The number of aryl methyl sites for hydroxylation is 3. The van der Waals surface area contributed by atoms with E-state index >= 15 is 0 Å². The Bertz CT molecular complexity index is 573. The summed E-state index contributed by atoms with van der Waals surface area (Å²) in [6, 6.07) is 2.17. The Morgan fingerprint density at radius 1 is 1.58 bits per heavy atom. The van der Waals surface area contributed by atoms with Gasteiger partial charge in [0.25, 0.3) is 0 Å². The van der Waals surface area contributed by atoms with Crippen molar-refractivity contribution >= 4 is 38.9 Å². The van der Waals surface area contributed by atoms with Gasteiger partial charge < -0.3 is 0 Å². The molecule has 2 aromatic rings. The van der Waals surface area contributed by atoms with E-state index in [1.165, 1.54) is 10.4 Å². The van der Waals surface area contributed by atoms with Crippen molar-refractivity contribution in [2.45, 2.75) is 26.3 Å². The van der Waals surface area contributed by atoms with E-state index in [-0.39, 0.29) is 6.04 Å². The lowest BCUT2D eigenvalue weighted by molar-refractivity contribution is 0.537. The van der Waals surface area contributed by atoms with Crippen LogP contribution >= 0.6 is 38.9 Å². The molecule has 0 aliphatic heterocycles. The third-order valence-electron chi connectivity index (χ3n) is 3.08. The number of halogens is 2. The largest absolute Gasteiger partial charge is 0.271 e. The zero-order valence-electron chi connectivity index (χ0n) is 11.0. The van der Waals surface area contributed by atoms with Crippen LogP contribution in [0.5, 0.6) is 0 Å². The van der Waals surface area contributed by atoms with Crippen LogP contribution in [0.3, 0.4) is 0 Å². The number of aromatic nitrogens is 2. The molecule has 7 heteroatoms. The summed E-state index contributed by atoms with van der Waals surface area (Å²) in [5.74, 6) is 5.69. The predicted octanol–water partition coefficient (Wildman–Crippen LogP) is 3.26. The number of rotatable bonds is 4. The quantitative estimate of drug-likeness (QED) is 0.647. The summed E-state index contributed by atoms with van der Waals surface area (Å²) in [6.45, 7) is 3.97. The molecule has 2 rings (SSSR count). The second kappa shape index (κ2) is 5.93. The van der Waals surface area contributed by atoms with Gasteiger partial charge in [0.2, 0.25) is 0 Å². The van der Waals surface area contributed by atoms with Crippen molar-refractivity contribution < 1.29 is 0 Å². The van der Waals surface area contributed by atoms with Crippen LogP contribution in [0.2, 0.25) is 5.02 Å². The lowest BCUT2D eigenvalue weighted by atomic mass is 10.1. The summed E-state index contributed by atoms with van der Waals surface area (Å²) in [7, 11) is 1.90. The second-order valence-electron chi connectivity index (χ2n) is 4.50. The summed E-state index contributed by atoms with van der Waals surface area (Å²) in [6.07, 6.45) is 0.707. The highest BCUT2D eigenvalue weighted by Crippen LogP contribution is 2.33. The normalized spacial score (nSPS) is 12.9. The molecule has 0 saturated heterocycles. The number of nitrogens with zero attached hydrogens (tertiary/aromatic N) is 2. The summed E-state index contributed by atoms with van der Waals surface area (Å²) in [4.78, 5) is 1.18. The zero-order valence-corrected chi connectivity index (χ0v) is 14.2. The van der Waals surface area contributed by atoms with Gasteiger partial charge in [-0.1, -0.05) is 11.6 Å². The van der Waals surface area contributed by atoms with Gasteiger partial charge in [-0.3, -0.25) is 16.0 Å². The van der Waals surface area contributed by atoms with Crippen molar-refractivity contribution in [1.29, 1.82) is 0 Å². The van der Waals surface area contributed by atoms with E-state index < -0.39 is 0 Å². The Morgan fingerprint density at radius 3 is 2.68 bits per heavy atom. The molecule has 0 fully saturated rings. The SMILES string of the molecule is Cc1cc(C(Cc2c(Cl)c(C)nn2C)NN)sc1Br. The Kier molecular flexibility index (Phi) is 4.68. The molecule has 0 aliphatic rings. The van der Waals surface area contributed by atoms with Crippen molar-refractivity contribution in [1.82, 2.24) is 15.2 Å². The molecule has 0 amide bonds. The van der Waals surface area contributed by atoms with Crippen molar-refractivity contribution in [2.75, 3.05) is 0 Å². The minimum Gasteiger partial charge on any atom is -0.271 e. The molecule has 104 valence electrons. The lowest BCUT2D eigenvalue weighted by Crippen LogP contribution is -2.29. The van der Waals surface area contributed by atoms with E-state index in [1.54, 1.807) is 11.3 Å². The maximum atomic E-state index is 6.28. The molecule has 2 heterocycles. The van der Waals surface area contributed by atoms with Gasteiger partial charge in [0, 0.05) is 18.3 Å². The highest BCUT2D eigenvalue weighted by molar-refractivity contribution is 9.11. The van der Waals surface area contributed by atoms with E-state index in [4.69, 9.17) is 17.4 Å². The number of nitrogens with two attached hydrogens (primary N) is 1. The first kappa shape index (κ1) is 15.0. The van der Waals surface area contributed by atoms with Gasteiger partial charge in [-0.25, -0.2) is 0 Å². The molecule has 0 aliphatic carbocycles. The molecule has 2 aromatic heterocycles. The maximum absolute atomic E-state index is 6.28. The fraction of sp³-hybridized carbons (Fsp3) is 0.417. The number of hydrogen-bond donors (Lipinski definition) is 2. The second-order valence-corrected chi connectivity index (χ2v) is 7.28. The van der Waals surface area contributed by atoms with Gasteiger partial charge in [0.15, 0.2) is 0 Å². The Balaban J connectivity index is 2.29. The van der Waals surface area contributed by atoms with Gasteiger partial charge in [-0.05, 0) is 41.4 Å². The fourth-order valence-corrected chi connectivity index (χ4v) is 3.86. The molecule has 3 N–H and O–H groups in total. The maximum Gasteiger partial charge on any atom is 0.0847 e. The first-order chi connectivity index (χ1) is 8.93. The molecule has 4 nitrogen and oxygen atoms in total. The van der Waals surface area contributed by atoms with E-state index in [9.17, 15) is 0 Å². The first-order valence-corrected chi connectivity index (χ1v) is 7.82. The van der Waals surface area contributed by atoms with Crippen molar-refractivity contribution in [3.63, 3.8) is 0 Å². The topological polar surface area (TPSA) is 55.9 Å². The van der Waals surface area contributed by atoms with Crippen LogP contribution in [0.1, 0.15) is 27.9 Å². The monoisotopic (exact) mass is 362 g/mol. The Hall–Kier alpha value is -0.400. The van der Waals surface area contributed by atoms with Gasteiger partial charge in [0.1, 0.15) is 0 Å². The first-order valence-electron chi connectivity index (χ1n) is 5.84. The van der Waals surface area contributed by atoms with Crippen LogP contribution in [-0.2, 0) is 13.5 Å². The minimum absolute atomic E-state index is 0.0299. The van der Waals surface area contributed by atoms with Crippen LogP contribution in [-0.4, -0.2) is 9.78 Å². The lowest BCUT2D eigenvalue weighted by Gasteiger charge is -2.14. The van der Waals surface area contributed by atoms with E-state index in [0.29, 0.717) is 6.42 Å². The van der Waals surface area contributed by atoms with Gasteiger partial charge in [-0.2, -0.15) is 5.10 Å². The van der Waals surface area contributed by atoms with Crippen LogP contribution in [0, 0.1) is 13.8 Å². The minimum atomic E-state index is 0.0299. The molecule has 0 radical (unpaired) electrons. The van der Waals surface area contributed by atoms with Gasteiger partial charge in [-0.15, -0.1) is 11.3 Å². The molecule has 0 spiro atoms. The number of hydrogen-bond acceptors (Lipinski definition) is 4. The van der Waals surface area contributed by atoms with Crippen LogP contribution in [0.25, 0.3) is 0 Å². The van der Waals surface area contributed by atoms with E-state index in [2.05, 4.69) is 39.4 Å². The number of thiophene rings is 1. The number of hydrazine groups is 1. The third-order valence-corrected chi connectivity index (χ3v) is 5.82. The van der Waals surface area contributed by atoms with Crippen LogP contribution < -0.4 is 11.3 Å². The molecule has 1 unspecified atom stereocenters. The van der Waals surface area contributed by atoms with Crippen LogP contribution in [0.15, 0.2) is 9.85 Å². The van der Waals surface area contributed by atoms with E-state index in [0.717, 1.165) is 20.2 Å². The smallest absolute Gasteiger partial charge is 0.0847 e. The Labute approximate surface area is 130 Å². The average Bonchev–Trinajstić information content (AvgIpc) is 2.80. The highest BCUT2D eigenvalue weighted by Gasteiger charge is 2.19. The van der Waals surface area contributed by atoms with Crippen molar-refractivity contribution in [3.8, 4) is 0 Å². The summed E-state index contributed by atoms with van der Waals surface area (Å²) in [5.41, 5.74) is 5.91. The van der Waals surface area contributed by atoms with Gasteiger partial charge in [0.05, 0.1) is 26.2 Å². The average molecular weight is 364 g/mol. The summed E-state index contributed by atoms with van der Waals surface area (Å²) in [5, 5.41) is 5.04.